The summed E-state index contributed by atoms with van der Waals surface area (Å²) in [5.41, 5.74) is 0. The molecule has 12 atom stereocenters. The van der Waals surface area contributed by atoms with Crippen LogP contribution < -0.4 is 5.32 Å². The normalized spacial score (nSPS) is 25.0. The van der Waals surface area contributed by atoms with Crippen LogP contribution in [0.4, 0.5) is 0 Å². The molecule has 0 aromatic heterocycles. The smallest absolute Gasteiger partial charge is 0.220 e. The average molecular weight is 1090 g/mol. The highest BCUT2D eigenvalue weighted by atomic mass is 16.7. The molecular formula is C63H115NO13. The van der Waals surface area contributed by atoms with Gasteiger partial charge in [0.1, 0.15) is 48.8 Å². The topological polar surface area (TPSA) is 228 Å². The minimum absolute atomic E-state index is 0.206. The van der Waals surface area contributed by atoms with Gasteiger partial charge in [-0.3, -0.25) is 4.79 Å². The molecular weight excluding hydrogens is 979 g/mol. The fourth-order valence-electron chi connectivity index (χ4n) is 10.3. The molecule has 450 valence electrons. The predicted octanol–water partition coefficient (Wildman–Crippen LogP) is 11.2. The van der Waals surface area contributed by atoms with Crippen LogP contribution in [0.15, 0.2) is 48.6 Å². The Morgan fingerprint density at radius 3 is 1.38 bits per heavy atom. The molecule has 0 aromatic rings. The maximum atomic E-state index is 13.3. The summed E-state index contributed by atoms with van der Waals surface area (Å²) in [5, 5.41) is 87.3. The number of nitrogens with one attached hydrogen (secondary N) is 1. The number of amides is 1. The zero-order chi connectivity index (χ0) is 56.0. The van der Waals surface area contributed by atoms with Gasteiger partial charge in [0.2, 0.25) is 5.91 Å². The van der Waals surface area contributed by atoms with E-state index in [1.807, 2.05) is 0 Å². The van der Waals surface area contributed by atoms with E-state index in [1.165, 1.54) is 148 Å². The number of carbonyl (C=O) groups is 1. The first-order valence-electron chi connectivity index (χ1n) is 31.4. The van der Waals surface area contributed by atoms with Gasteiger partial charge in [-0.15, -0.1) is 0 Å². The molecule has 2 aliphatic heterocycles. The van der Waals surface area contributed by atoms with Gasteiger partial charge in [0.05, 0.1) is 32.0 Å². The van der Waals surface area contributed by atoms with E-state index in [9.17, 15) is 45.6 Å². The molecule has 14 heteroatoms. The summed E-state index contributed by atoms with van der Waals surface area (Å²) in [4.78, 5) is 13.3. The molecule has 1 amide bonds. The molecule has 0 radical (unpaired) electrons. The highest BCUT2D eigenvalue weighted by Gasteiger charge is 2.51. The highest BCUT2D eigenvalue weighted by Crippen LogP contribution is 2.30. The third kappa shape index (κ3) is 34.1. The third-order valence-electron chi connectivity index (χ3n) is 15.3. The fraction of sp³-hybridized carbons (Fsp3) is 0.857. The van der Waals surface area contributed by atoms with Crippen LogP contribution in [0.3, 0.4) is 0 Å². The molecule has 2 heterocycles. The zero-order valence-corrected chi connectivity index (χ0v) is 48.5. The molecule has 9 N–H and O–H groups in total. The van der Waals surface area contributed by atoms with Crippen molar-refractivity contribution in [3.63, 3.8) is 0 Å². The van der Waals surface area contributed by atoms with Crippen LogP contribution >= 0.6 is 0 Å². The molecule has 0 saturated carbocycles. The molecule has 2 fully saturated rings. The Morgan fingerprint density at radius 2 is 0.896 bits per heavy atom. The maximum absolute atomic E-state index is 13.3. The summed E-state index contributed by atoms with van der Waals surface area (Å²) in [6, 6.07) is -0.828. The second kappa shape index (κ2) is 48.6. The van der Waals surface area contributed by atoms with E-state index in [0.717, 1.165) is 77.0 Å². The van der Waals surface area contributed by atoms with E-state index in [0.29, 0.717) is 12.8 Å². The van der Waals surface area contributed by atoms with Gasteiger partial charge < -0.3 is 65.1 Å². The number of carbonyl (C=O) groups excluding carboxylic acids is 1. The number of rotatable bonds is 50. The van der Waals surface area contributed by atoms with Gasteiger partial charge in [-0.1, -0.05) is 242 Å². The van der Waals surface area contributed by atoms with Crippen molar-refractivity contribution in [1.82, 2.24) is 5.32 Å². The largest absolute Gasteiger partial charge is 0.394 e. The van der Waals surface area contributed by atoms with Crippen molar-refractivity contribution in [2.24, 2.45) is 0 Å². The van der Waals surface area contributed by atoms with Crippen molar-refractivity contribution in [3.05, 3.63) is 48.6 Å². The van der Waals surface area contributed by atoms with Crippen molar-refractivity contribution in [2.45, 2.75) is 325 Å². The Labute approximate surface area is 467 Å². The summed E-state index contributed by atoms with van der Waals surface area (Å²) >= 11 is 0. The SMILES string of the molecule is CC/C=C\C/C=C\C/C=C\C/C=C\CCCCCCCCCCCCCCCCCCC(=O)NC(COC1OC(CO)C(OC2OC(CO)C(O)C(O)C2O)C(O)C1O)C(O)CCCCCCCCCCCCCCCC. The average Bonchev–Trinajstić information content (AvgIpc) is 3.43. The Bertz CT molecular complexity index is 1480. The molecule has 0 aliphatic carbocycles. The number of ether oxygens (including phenoxy) is 4. The maximum Gasteiger partial charge on any atom is 0.220 e. The van der Waals surface area contributed by atoms with Crippen molar-refractivity contribution in [3.8, 4) is 0 Å². The van der Waals surface area contributed by atoms with Gasteiger partial charge in [-0.05, 0) is 51.4 Å². The van der Waals surface area contributed by atoms with Gasteiger partial charge in [0.25, 0.3) is 0 Å². The Morgan fingerprint density at radius 1 is 0.481 bits per heavy atom. The quantitative estimate of drug-likeness (QED) is 0.0204. The second-order valence-corrected chi connectivity index (χ2v) is 22.2. The third-order valence-corrected chi connectivity index (χ3v) is 15.3. The summed E-state index contributed by atoms with van der Waals surface area (Å²) in [7, 11) is 0. The lowest BCUT2D eigenvalue weighted by molar-refractivity contribution is -0.359. The lowest BCUT2D eigenvalue weighted by atomic mass is 9.97. The number of unbranched alkanes of at least 4 members (excludes halogenated alkanes) is 29. The van der Waals surface area contributed by atoms with E-state index in [4.69, 9.17) is 18.9 Å². The molecule has 77 heavy (non-hydrogen) atoms. The second-order valence-electron chi connectivity index (χ2n) is 22.2. The highest BCUT2D eigenvalue weighted by molar-refractivity contribution is 5.76. The minimum Gasteiger partial charge on any atom is -0.394 e. The van der Waals surface area contributed by atoms with Crippen LogP contribution in [0, 0.1) is 0 Å². The van der Waals surface area contributed by atoms with Crippen LogP contribution in [-0.4, -0.2) is 140 Å². The summed E-state index contributed by atoms with van der Waals surface area (Å²) in [6.45, 7) is 2.76. The molecule has 2 rings (SSSR count). The van der Waals surface area contributed by atoms with Crippen LogP contribution in [0.1, 0.15) is 251 Å². The van der Waals surface area contributed by atoms with Crippen LogP contribution in [0.25, 0.3) is 0 Å². The summed E-state index contributed by atoms with van der Waals surface area (Å²) in [6.07, 6.45) is 44.0. The van der Waals surface area contributed by atoms with E-state index in [1.54, 1.807) is 0 Å². The van der Waals surface area contributed by atoms with Gasteiger partial charge in [-0.25, -0.2) is 0 Å². The zero-order valence-electron chi connectivity index (χ0n) is 48.5. The number of aliphatic hydroxyl groups excluding tert-OH is 8. The molecule has 2 saturated heterocycles. The van der Waals surface area contributed by atoms with Gasteiger partial charge in [0.15, 0.2) is 12.6 Å². The molecule has 12 unspecified atom stereocenters. The lowest BCUT2D eigenvalue weighted by Gasteiger charge is -2.46. The number of aliphatic hydroxyl groups is 8. The number of allylic oxidation sites excluding steroid dienone is 8. The Hall–Kier alpha value is -2.05. The fourth-order valence-corrected chi connectivity index (χ4v) is 10.3. The molecule has 0 spiro atoms. The number of hydrogen-bond donors (Lipinski definition) is 9. The van der Waals surface area contributed by atoms with E-state index in [-0.39, 0.29) is 12.5 Å². The molecule has 14 nitrogen and oxygen atoms in total. The van der Waals surface area contributed by atoms with Crippen molar-refractivity contribution in [2.75, 3.05) is 19.8 Å². The van der Waals surface area contributed by atoms with Gasteiger partial charge >= 0.3 is 0 Å². The molecule has 0 bridgehead atoms. The summed E-state index contributed by atoms with van der Waals surface area (Å²) < 4.78 is 22.8. The summed E-state index contributed by atoms with van der Waals surface area (Å²) in [5.74, 6) is -0.206. The van der Waals surface area contributed by atoms with Crippen LogP contribution in [0.2, 0.25) is 0 Å². The molecule has 2 aliphatic rings. The molecule has 0 aromatic carbocycles. The minimum atomic E-state index is -1.78. The van der Waals surface area contributed by atoms with Gasteiger partial charge in [-0.2, -0.15) is 0 Å². The predicted molar refractivity (Wildman–Crippen MR) is 309 cm³/mol. The van der Waals surface area contributed by atoms with Crippen LogP contribution in [0.5, 0.6) is 0 Å². The van der Waals surface area contributed by atoms with E-state index in [2.05, 4.69) is 67.8 Å². The lowest BCUT2D eigenvalue weighted by Crippen LogP contribution is -2.65. The monoisotopic (exact) mass is 1090 g/mol. The first kappa shape index (κ1) is 71.1. The van der Waals surface area contributed by atoms with Crippen molar-refractivity contribution >= 4 is 5.91 Å². The van der Waals surface area contributed by atoms with Crippen LogP contribution in [-0.2, 0) is 23.7 Å². The standard InChI is InChI=1S/C63H115NO13/c1-3-5-7-9-11-13-15-17-19-20-21-22-23-24-25-26-27-28-29-30-31-32-33-35-37-39-41-43-45-47-55(68)64-51(52(67)46-44-42-40-38-36-34-18-16-14-12-10-8-6-4-2)50-74-62-60(73)58(71)61(54(49-66)76-62)77-63-59(72)57(70)56(69)53(48-65)75-63/h5,7,11,13,17,19,21-22,51-54,56-63,65-67,69-73H,3-4,6,8-10,12,14-16,18,20,23-50H2,1-2H3,(H,64,68)/b7-5-,13-11-,19-17-,22-21-. The Balaban J connectivity index is 1.67. The van der Waals surface area contributed by atoms with Gasteiger partial charge in [0, 0.05) is 6.42 Å². The Kier molecular flexibility index (Phi) is 44.9. The van der Waals surface area contributed by atoms with Crippen molar-refractivity contribution in [1.29, 1.82) is 0 Å². The first-order valence-corrected chi connectivity index (χ1v) is 31.4. The number of hydrogen-bond acceptors (Lipinski definition) is 13. The van der Waals surface area contributed by atoms with Crippen molar-refractivity contribution < 1.29 is 64.6 Å². The first-order chi connectivity index (χ1) is 37.6. The van der Waals surface area contributed by atoms with E-state index < -0.39 is 86.8 Å². The van der Waals surface area contributed by atoms with E-state index >= 15 is 0 Å².